The van der Waals surface area contributed by atoms with E-state index in [2.05, 4.69) is 4.72 Å². The summed E-state index contributed by atoms with van der Waals surface area (Å²) in [4.78, 5) is -0.0246. The summed E-state index contributed by atoms with van der Waals surface area (Å²) in [5.41, 5.74) is 1.20. The molecule has 0 spiro atoms. The molecule has 0 saturated carbocycles. The van der Waals surface area contributed by atoms with Crippen molar-refractivity contribution in [3.63, 3.8) is 0 Å². The standard InChI is InChI=1S/C23H21ClN2O5S2/c1-16-21-14-18(24)10-13-22(21)26(33(29,30)20-6-4-3-5-7-20)23(16)32(27,28)25-15-17-8-11-19(31-2)12-9-17/h3-14,25H,15H2,1-2H3. The second kappa shape index (κ2) is 8.83. The van der Waals surface area contributed by atoms with Crippen LogP contribution in [0.25, 0.3) is 10.9 Å². The Morgan fingerprint density at radius 3 is 2.24 bits per heavy atom. The van der Waals surface area contributed by atoms with Crippen molar-refractivity contribution >= 4 is 42.6 Å². The Morgan fingerprint density at radius 2 is 1.61 bits per heavy atom. The molecule has 4 rings (SSSR count). The summed E-state index contributed by atoms with van der Waals surface area (Å²) in [6.45, 7) is 1.54. The summed E-state index contributed by atoms with van der Waals surface area (Å²) in [7, 11) is -6.93. The van der Waals surface area contributed by atoms with Crippen molar-refractivity contribution in [1.29, 1.82) is 0 Å². The van der Waals surface area contributed by atoms with Gasteiger partial charge in [-0.15, -0.1) is 0 Å². The molecule has 1 heterocycles. The summed E-state index contributed by atoms with van der Waals surface area (Å²) in [6, 6.07) is 19.2. The van der Waals surface area contributed by atoms with E-state index >= 15 is 0 Å². The molecule has 3 aromatic carbocycles. The maximum atomic E-state index is 13.6. The molecule has 7 nitrogen and oxygen atoms in total. The topological polar surface area (TPSA) is 94.5 Å². The number of fused-ring (bicyclic) bond motifs is 1. The summed E-state index contributed by atoms with van der Waals surface area (Å²) in [6.07, 6.45) is 0. The average molecular weight is 505 g/mol. The van der Waals surface area contributed by atoms with E-state index in [1.807, 2.05) is 0 Å². The lowest BCUT2D eigenvalue weighted by Gasteiger charge is -2.14. The Morgan fingerprint density at radius 1 is 0.939 bits per heavy atom. The van der Waals surface area contributed by atoms with Crippen molar-refractivity contribution in [2.45, 2.75) is 23.4 Å². The van der Waals surface area contributed by atoms with E-state index in [9.17, 15) is 16.8 Å². The minimum Gasteiger partial charge on any atom is -0.497 e. The molecule has 0 amide bonds. The molecule has 0 fully saturated rings. The number of benzene rings is 3. The van der Waals surface area contributed by atoms with Gasteiger partial charge in [-0.2, -0.15) is 0 Å². The minimum absolute atomic E-state index is 0.0246. The van der Waals surface area contributed by atoms with Gasteiger partial charge in [-0.05, 0) is 60.5 Å². The van der Waals surface area contributed by atoms with Crippen LogP contribution in [0.3, 0.4) is 0 Å². The number of sulfonamides is 1. The van der Waals surface area contributed by atoms with E-state index in [0.29, 0.717) is 21.7 Å². The molecule has 1 aromatic heterocycles. The molecule has 0 aliphatic rings. The number of aryl methyl sites for hydroxylation is 1. The summed E-state index contributed by atoms with van der Waals surface area (Å²) < 4.78 is 62.6. The number of hydrogen-bond acceptors (Lipinski definition) is 5. The maximum absolute atomic E-state index is 13.6. The normalized spacial score (nSPS) is 12.2. The van der Waals surface area contributed by atoms with E-state index in [1.54, 1.807) is 62.6 Å². The van der Waals surface area contributed by atoms with Crippen LogP contribution in [0.15, 0.2) is 82.7 Å². The predicted molar refractivity (Wildman–Crippen MR) is 128 cm³/mol. The molecule has 0 atom stereocenters. The molecule has 0 unspecified atom stereocenters. The number of methoxy groups -OCH3 is 1. The van der Waals surface area contributed by atoms with Crippen LogP contribution in [0.2, 0.25) is 5.02 Å². The van der Waals surface area contributed by atoms with Crippen LogP contribution in [-0.4, -0.2) is 27.9 Å². The molecular weight excluding hydrogens is 484 g/mol. The monoisotopic (exact) mass is 504 g/mol. The van der Waals surface area contributed by atoms with Gasteiger partial charge in [-0.1, -0.05) is 41.9 Å². The highest BCUT2D eigenvalue weighted by Crippen LogP contribution is 2.34. The Labute approximate surface area is 197 Å². The zero-order valence-electron chi connectivity index (χ0n) is 17.8. The summed E-state index contributed by atoms with van der Waals surface area (Å²) in [5, 5.41) is 0.457. The second-order valence-corrected chi connectivity index (χ2v) is 11.3. The maximum Gasteiger partial charge on any atom is 0.269 e. The van der Waals surface area contributed by atoms with Gasteiger partial charge in [0.2, 0.25) is 0 Å². The van der Waals surface area contributed by atoms with E-state index in [-0.39, 0.29) is 27.5 Å². The van der Waals surface area contributed by atoms with Gasteiger partial charge in [-0.3, -0.25) is 0 Å². The molecule has 33 heavy (non-hydrogen) atoms. The third-order valence-corrected chi connectivity index (χ3v) is 8.85. The fraction of sp³-hybridized carbons (Fsp3) is 0.130. The van der Waals surface area contributed by atoms with Gasteiger partial charge in [0.1, 0.15) is 5.75 Å². The van der Waals surface area contributed by atoms with Crippen molar-refractivity contribution in [2.75, 3.05) is 7.11 Å². The van der Waals surface area contributed by atoms with Crippen LogP contribution in [-0.2, 0) is 26.6 Å². The lowest BCUT2D eigenvalue weighted by Crippen LogP contribution is -2.28. The number of ether oxygens (including phenoxy) is 1. The summed E-state index contributed by atoms with van der Waals surface area (Å²) >= 11 is 6.13. The average Bonchev–Trinajstić information content (AvgIpc) is 3.12. The minimum atomic E-state index is -4.24. The zero-order chi connectivity index (χ0) is 23.8. The van der Waals surface area contributed by atoms with E-state index < -0.39 is 20.0 Å². The van der Waals surface area contributed by atoms with E-state index in [4.69, 9.17) is 16.3 Å². The quantitative estimate of drug-likeness (QED) is 0.404. The number of aromatic nitrogens is 1. The van der Waals surface area contributed by atoms with Crippen molar-refractivity contribution < 1.29 is 21.6 Å². The second-order valence-electron chi connectivity index (χ2n) is 7.35. The highest BCUT2D eigenvalue weighted by Gasteiger charge is 2.32. The molecule has 4 aromatic rings. The fourth-order valence-electron chi connectivity index (χ4n) is 3.60. The highest BCUT2D eigenvalue weighted by molar-refractivity contribution is 7.92. The largest absolute Gasteiger partial charge is 0.497 e. The van der Waals surface area contributed by atoms with Crippen LogP contribution in [0.4, 0.5) is 0 Å². The number of nitrogens with zero attached hydrogens (tertiary/aromatic N) is 1. The number of nitrogens with one attached hydrogen (secondary N) is 1. The first-order chi connectivity index (χ1) is 15.6. The van der Waals surface area contributed by atoms with Crippen molar-refractivity contribution in [3.05, 3.63) is 88.9 Å². The van der Waals surface area contributed by atoms with Crippen LogP contribution < -0.4 is 9.46 Å². The molecule has 10 heteroatoms. The van der Waals surface area contributed by atoms with Gasteiger partial charge in [0.15, 0.2) is 5.03 Å². The SMILES string of the molecule is COc1ccc(CNS(=O)(=O)c2c(C)c3cc(Cl)ccc3n2S(=O)(=O)c2ccccc2)cc1. The van der Waals surface area contributed by atoms with Crippen molar-refractivity contribution in [1.82, 2.24) is 8.69 Å². The Balaban J connectivity index is 1.87. The van der Waals surface area contributed by atoms with Gasteiger partial charge in [0.25, 0.3) is 20.0 Å². The van der Waals surface area contributed by atoms with Crippen molar-refractivity contribution in [3.8, 4) is 5.75 Å². The van der Waals surface area contributed by atoms with Gasteiger partial charge >= 0.3 is 0 Å². The third kappa shape index (κ3) is 4.37. The summed E-state index contributed by atoms with van der Waals surface area (Å²) in [5.74, 6) is 0.642. The first-order valence-electron chi connectivity index (χ1n) is 9.89. The van der Waals surface area contributed by atoms with E-state index in [1.165, 1.54) is 24.3 Å². The van der Waals surface area contributed by atoms with Gasteiger partial charge in [0.05, 0.1) is 17.5 Å². The molecule has 0 bridgehead atoms. The zero-order valence-corrected chi connectivity index (χ0v) is 20.2. The van der Waals surface area contributed by atoms with Gasteiger partial charge in [-0.25, -0.2) is 25.5 Å². The highest BCUT2D eigenvalue weighted by atomic mass is 35.5. The Bertz CT molecular complexity index is 1530. The van der Waals surface area contributed by atoms with Gasteiger partial charge < -0.3 is 4.74 Å². The number of hydrogen-bond donors (Lipinski definition) is 1. The third-order valence-electron chi connectivity index (χ3n) is 5.25. The van der Waals surface area contributed by atoms with Crippen LogP contribution in [0.1, 0.15) is 11.1 Å². The molecule has 0 aliphatic carbocycles. The Hall–Kier alpha value is -2.85. The molecule has 0 radical (unpaired) electrons. The molecule has 172 valence electrons. The fourth-order valence-corrected chi connectivity index (χ4v) is 7.17. The van der Waals surface area contributed by atoms with Crippen LogP contribution in [0, 0.1) is 6.92 Å². The molecule has 1 N–H and O–H groups in total. The molecular formula is C23H21ClN2O5S2. The molecule has 0 aliphatic heterocycles. The first kappa shape index (κ1) is 23.3. The lowest BCUT2D eigenvalue weighted by atomic mass is 10.2. The predicted octanol–water partition coefficient (Wildman–Crippen LogP) is 4.33. The number of halogens is 1. The molecule has 0 saturated heterocycles. The lowest BCUT2D eigenvalue weighted by molar-refractivity contribution is 0.414. The number of rotatable bonds is 7. The first-order valence-corrected chi connectivity index (χ1v) is 13.2. The Kier molecular flexibility index (Phi) is 6.24. The van der Waals surface area contributed by atoms with Crippen LogP contribution in [0.5, 0.6) is 5.75 Å². The van der Waals surface area contributed by atoms with Gasteiger partial charge in [0, 0.05) is 17.0 Å². The van der Waals surface area contributed by atoms with Crippen LogP contribution >= 0.6 is 11.6 Å². The smallest absolute Gasteiger partial charge is 0.269 e. The van der Waals surface area contributed by atoms with E-state index in [0.717, 1.165) is 3.97 Å². The van der Waals surface area contributed by atoms with Crippen molar-refractivity contribution in [2.24, 2.45) is 0 Å².